The summed E-state index contributed by atoms with van der Waals surface area (Å²) in [7, 11) is 0. The van der Waals surface area contributed by atoms with Gasteiger partial charge in [0.05, 0.1) is 17.4 Å². The molecular weight excluding hydrogens is 548 g/mol. The lowest BCUT2D eigenvalue weighted by Gasteiger charge is -2.22. The first kappa shape index (κ1) is 35.4. The van der Waals surface area contributed by atoms with Crippen molar-refractivity contribution in [1.82, 2.24) is 0 Å². The Labute approximate surface area is 256 Å². The fourth-order valence-corrected chi connectivity index (χ4v) is 4.04. The van der Waals surface area contributed by atoms with E-state index in [1.54, 1.807) is 71.9 Å². The molecule has 0 saturated carbocycles. The SMILES string of the molecule is CCCc1cc(/C=C/C(=O)c2ccc(OCOC(=O)C(C)(C)C)cc2)c(OCC)c(CCC)c1OCOC(=O)C(C)(C)C. The molecule has 0 atom stereocenters. The highest BCUT2D eigenvalue weighted by Crippen LogP contribution is 2.39. The van der Waals surface area contributed by atoms with E-state index in [1.165, 1.54) is 6.08 Å². The number of ether oxygens (including phenoxy) is 5. The van der Waals surface area contributed by atoms with Gasteiger partial charge in [0.2, 0.25) is 13.6 Å². The summed E-state index contributed by atoms with van der Waals surface area (Å²) in [5.74, 6) is 0.923. The molecule has 2 aromatic rings. The molecule has 0 amide bonds. The molecule has 0 spiro atoms. The first-order valence-electron chi connectivity index (χ1n) is 15.0. The molecule has 0 aliphatic rings. The number of rotatable bonds is 15. The minimum absolute atomic E-state index is 0.184. The van der Waals surface area contributed by atoms with Crippen LogP contribution in [-0.2, 0) is 31.9 Å². The van der Waals surface area contributed by atoms with E-state index in [2.05, 4.69) is 13.8 Å². The molecular formula is C35H48O8. The molecule has 0 fully saturated rings. The second-order valence-electron chi connectivity index (χ2n) is 12.3. The molecule has 0 radical (unpaired) electrons. The Morgan fingerprint density at radius 3 is 1.79 bits per heavy atom. The van der Waals surface area contributed by atoms with E-state index in [-0.39, 0.29) is 31.3 Å². The topological polar surface area (TPSA) is 97.4 Å². The van der Waals surface area contributed by atoms with Crippen LogP contribution in [0.5, 0.6) is 17.2 Å². The van der Waals surface area contributed by atoms with Crippen molar-refractivity contribution < 1.29 is 38.1 Å². The highest BCUT2D eigenvalue weighted by Gasteiger charge is 2.25. The van der Waals surface area contributed by atoms with Crippen LogP contribution < -0.4 is 14.2 Å². The minimum Gasteiger partial charge on any atom is -0.493 e. The molecule has 0 N–H and O–H groups in total. The van der Waals surface area contributed by atoms with Gasteiger partial charge in [0, 0.05) is 16.7 Å². The van der Waals surface area contributed by atoms with E-state index < -0.39 is 10.8 Å². The molecule has 43 heavy (non-hydrogen) atoms. The van der Waals surface area contributed by atoms with Gasteiger partial charge in [0.15, 0.2) is 5.78 Å². The first-order chi connectivity index (χ1) is 20.2. The van der Waals surface area contributed by atoms with E-state index in [9.17, 15) is 14.4 Å². The van der Waals surface area contributed by atoms with Crippen LogP contribution in [0.3, 0.4) is 0 Å². The van der Waals surface area contributed by atoms with Gasteiger partial charge < -0.3 is 23.7 Å². The normalized spacial score (nSPS) is 11.7. The summed E-state index contributed by atoms with van der Waals surface area (Å²) in [6.07, 6.45) is 6.45. The Balaban J connectivity index is 2.30. The van der Waals surface area contributed by atoms with E-state index in [4.69, 9.17) is 23.7 Å². The van der Waals surface area contributed by atoms with Crippen LogP contribution >= 0.6 is 0 Å². The van der Waals surface area contributed by atoms with Crippen LogP contribution in [0.2, 0.25) is 0 Å². The predicted molar refractivity (Wildman–Crippen MR) is 167 cm³/mol. The van der Waals surface area contributed by atoms with Crippen molar-refractivity contribution in [2.45, 2.75) is 88.0 Å². The molecule has 0 aliphatic heterocycles. The minimum atomic E-state index is -0.631. The maximum absolute atomic E-state index is 13.1. The Hall–Kier alpha value is -3.81. The summed E-state index contributed by atoms with van der Waals surface area (Å²) in [4.78, 5) is 37.3. The van der Waals surface area contributed by atoms with Crippen molar-refractivity contribution >= 4 is 23.8 Å². The van der Waals surface area contributed by atoms with Crippen molar-refractivity contribution in [3.63, 3.8) is 0 Å². The van der Waals surface area contributed by atoms with E-state index in [0.717, 1.165) is 36.0 Å². The zero-order chi connectivity index (χ0) is 32.2. The van der Waals surface area contributed by atoms with Crippen molar-refractivity contribution in [2.75, 3.05) is 20.2 Å². The number of ketones is 1. The number of carbonyl (C=O) groups is 3. The summed E-state index contributed by atoms with van der Waals surface area (Å²) >= 11 is 0. The standard InChI is InChI=1S/C35H48O8/c1-10-13-25-21-26(30(39-12-3)28(14-11-2)31(25)41-23-43-33(38)35(7,8)9)17-20-29(36)24-15-18-27(19-16-24)40-22-42-32(37)34(4,5)6/h15-21H,10-14,22-23H2,1-9H3/b20-17+. The third-order valence-electron chi connectivity index (χ3n) is 6.33. The van der Waals surface area contributed by atoms with Crippen LogP contribution in [0.1, 0.15) is 102 Å². The van der Waals surface area contributed by atoms with Gasteiger partial charge in [-0.05, 0) is 109 Å². The fraction of sp³-hybridized carbons (Fsp3) is 0.514. The average molecular weight is 597 g/mol. The lowest BCUT2D eigenvalue weighted by atomic mass is 9.95. The molecule has 8 heteroatoms. The molecule has 0 saturated heterocycles. The summed E-state index contributed by atoms with van der Waals surface area (Å²) in [5.41, 5.74) is 1.87. The van der Waals surface area contributed by atoms with Gasteiger partial charge in [-0.15, -0.1) is 0 Å². The highest BCUT2D eigenvalue weighted by atomic mass is 16.7. The van der Waals surface area contributed by atoms with Gasteiger partial charge in [-0.2, -0.15) is 0 Å². The lowest BCUT2D eigenvalue weighted by molar-refractivity contribution is -0.160. The number of aryl methyl sites for hydroxylation is 1. The molecule has 0 heterocycles. The largest absolute Gasteiger partial charge is 0.493 e. The third kappa shape index (κ3) is 10.8. The maximum atomic E-state index is 13.1. The fourth-order valence-electron chi connectivity index (χ4n) is 4.04. The van der Waals surface area contributed by atoms with Crippen LogP contribution in [0.4, 0.5) is 0 Å². The number of hydrogen-bond acceptors (Lipinski definition) is 8. The molecule has 0 unspecified atom stereocenters. The molecule has 0 bridgehead atoms. The van der Waals surface area contributed by atoms with Gasteiger partial charge in [-0.3, -0.25) is 14.4 Å². The van der Waals surface area contributed by atoms with Crippen molar-refractivity contribution in [3.05, 3.63) is 58.7 Å². The van der Waals surface area contributed by atoms with Crippen molar-refractivity contribution in [2.24, 2.45) is 10.8 Å². The Morgan fingerprint density at radius 2 is 1.28 bits per heavy atom. The summed E-state index contributed by atoms with van der Waals surface area (Å²) in [6, 6.07) is 8.63. The van der Waals surface area contributed by atoms with Crippen LogP contribution in [0.25, 0.3) is 6.08 Å². The highest BCUT2D eigenvalue weighted by molar-refractivity contribution is 6.07. The maximum Gasteiger partial charge on any atom is 0.314 e. The summed E-state index contributed by atoms with van der Waals surface area (Å²) in [5, 5.41) is 0. The van der Waals surface area contributed by atoms with Gasteiger partial charge in [0.1, 0.15) is 17.2 Å². The van der Waals surface area contributed by atoms with Crippen molar-refractivity contribution in [1.29, 1.82) is 0 Å². The van der Waals surface area contributed by atoms with Gasteiger partial charge in [0.25, 0.3) is 0 Å². The smallest absolute Gasteiger partial charge is 0.314 e. The Bertz CT molecular complexity index is 1260. The van der Waals surface area contributed by atoms with Crippen LogP contribution in [0.15, 0.2) is 36.4 Å². The number of carbonyl (C=O) groups excluding carboxylic acids is 3. The lowest BCUT2D eigenvalue weighted by Crippen LogP contribution is -2.25. The second-order valence-corrected chi connectivity index (χ2v) is 12.3. The molecule has 8 nitrogen and oxygen atoms in total. The quantitative estimate of drug-likeness (QED) is 0.0891. The third-order valence-corrected chi connectivity index (χ3v) is 6.33. The van der Waals surface area contributed by atoms with E-state index in [0.29, 0.717) is 35.8 Å². The Kier molecular flexibility index (Phi) is 13.3. The van der Waals surface area contributed by atoms with Gasteiger partial charge in [-0.1, -0.05) is 26.7 Å². The second kappa shape index (κ2) is 16.1. The average Bonchev–Trinajstić information content (AvgIpc) is 2.94. The molecule has 2 rings (SSSR count). The molecule has 2 aromatic carbocycles. The number of esters is 2. The van der Waals surface area contributed by atoms with Gasteiger partial charge >= 0.3 is 11.9 Å². The number of benzene rings is 2. The van der Waals surface area contributed by atoms with Crippen molar-refractivity contribution in [3.8, 4) is 17.2 Å². The molecule has 0 aliphatic carbocycles. The predicted octanol–water partition coefficient (Wildman–Crippen LogP) is 7.74. The van der Waals surface area contributed by atoms with Crippen LogP contribution in [-0.4, -0.2) is 37.9 Å². The summed E-state index contributed by atoms with van der Waals surface area (Å²) < 4.78 is 28.2. The molecule has 236 valence electrons. The van der Waals surface area contributed by atoms with Gasteiger partial charge in [-0.25, -0.2) is 0 Å². The van der Waals surface area contributed by atoms with E-state index in [1.807, 2.05) is 13.0 Å². The zero-order valence-electron chi connectivity index (χ0n) is 27.3. The van der Waals surface area contributed by atoms with Crippen LogP contribution in [0, 0.1) is 10.8 Å². The zero-order valence-corrected chi connectivity index (χ0v) is 27.3. The first-order valence-corrected chi connectivity index (χ1v) is 15.0. The van der Waals surface area contributed by atoms with E-state index >= 15 is 0 Å². The Morgan fingerprint density at radius 1 is 0.721 bits per heavy atom. The number of hydrogen-bond donors (Lipinski definition) is 0. The monoisotopic (exact) mass is 596 g/mol. The number of allylic oxidation sites excluding steroid dienone is 1. The summed E-state index contributed by atoms with van der Waals surface area (Å²) in [6.45, 7) is 16.8. The molecule has 0 aromatic heterocycles.